The summed E-state index contributed by atoms with van der Waals surface area (Å²) in [6.07, 6.45) is 2.76. The van der Waals surface area contributed by atoms with E-state index in [-0.39, 0.29) is 24.0 Å². The first-order valence-electron chi connectivity index (χ1n) is 8.42. The maximum Gasteiger partial charge on any atom is 0.280 e. The minimum atomic E-state index is -0.508. The molecule has 0 radical (unpaired) electrons. The molecule has 0 N–H and O–H groups in total. The van der Waals surface area contributed by atoms with Gasteiger partial charge in [0.1, 0.15) is 0 Å². The van der Waals surface area contributed by atoms with Crippen LogP contribution in [0.4, 0.5) is 5.69 Å². The van der Waals surface area contributed by atoms with Crippen molar-refractivity contribution in [2.24, 2.45) is 0 Å². The topological polar surface area (TPSA) is 81.9 Å². The highest BCUT2D eigenvalue weighted by atomic mass is 16.7. The number of ether oxygens (including phenoxy) is 2. The molecule has 0 unspecified atom stereocenters. The van der Waals surface area contributed by atoms with Crippen LogP contribution in [0.5, 0.6) is 11.5 Å². The lowest BCUT2D eigenvalue weighted by molar-refractivity contribution is -0.385. The lowest BCUT2D eigenvalue weighted by atomic mass is 10.1. The molecule has 1 heterocycles. The van der Waals surface area contributed by atoms with Crippen LogP contribution in [-0.4, -0.2) is 29.6 Å². The third-order valence-electron chi connectivity index (χ3n) is 4.41. The smallest absolute Gasteiger partial charge is 0.280 e. The molecule has 0 saturated carbocycles. The maximum absolute atomic E-state index is 12.4. The highest BCUT2D eigenvalue weighted by molar-refractivity contribution is 5.92. The lowest BCUT2D eigenvalue weighted by Crippen LogP contribution is -2.24. The molecule has 7 nitrogen and oxygen atoms in total. The second-order valence-corrected chi connectivity index (χ2v) is 6.48. The van der Waals surface area contributed by atoms with Crippen LogP contribution in [0.2, 0.25) is 0 Å². The molecular weight excluding hydrogens is 348 g/mol. The van der Waals surface area contributed by atoms with E-state index < -0.39 is 4.92 Å². The Morgan fingerprint density at radius 2 is 1.93 bits per heavy atom. The monoisotopic (exact) mass is 368 g/mol. The molecule has 0 bridgehead atoms. The molecule has 0 saturated heterocycles. The molecular formula is C20H20N2O5. The van der Waals surface area contributed by atoms with Crippen LogP contribution in [0.3, 0.4) is 0 Å². The van der Waals surface area contributed by atoms with Crippen LogP contribution in [0, 0.1) is 24.0 Å². The fraction of sp³-hybridized carbons (Fsp3) is 0.250. The number of aryl methyl sites for hydroxylation is 2. The van der Waals surface area contributed by atoms with Crippen molar-refractivity contribution in [1.29, 1.82) is 0 Å². The number of carbonyl (C=O) groups is 1. The summed E-state index contributed by atoms with van der Waals surface area (Å²) in [4.78, 5) is 24.8. The largest absolute Gasteiger partial charge is 0.454 e. The van der Waals surface area contributed by atoms with E-state index in [4.69, 9.17) is 9.47 Å². The van der Waals surface area contributed by atoms with E-state index in [9.17, 15) is 14.9 Å². The molecule has 0 atom stereocenters. The molecule has 3 rings (SSSR count). The van der Waals surface area contributed by atoms with Gasteiger partial charge in [-0.3, -0.25) is 14.9 Å². The molecule has 0 fully saturated rings. The molecule has 0 aromatic heterocycles. The van der Waals surface area contributed by atoms with Gasteiger partial charge in [0, 0.05) is 19.7 Å². The molecule has 1 aliphatic heterocycles. The van der Waals surface area contributed by atoms with Gasteiger partial charge < -0.3 is 14.4 Å². The maximum atomic E-state index is 12.4. The van der Waals surface area contributed by atoms with Gasteiger partial charge in [-0.05, 0) is 37.1 Å². The third-order valence-corrected chi connectivity index (χ3v) is 4.41. The molecule has 140 valence electrons. The molecule has 2 aromatic rings. The van der Waals surface area contributed by atoms with E-state index in [1.807, 2.05) is 26.0 Å². The van der Waals surface area contributed by atoms with E-state index in [0.717, 1.165) is 11.1 Å². The zero-order valence-electron chi connectivity index (χ0n) is 15.4. The number of carbonyl (C=O) groups excluding carboxylic acids is 1. The number of nitro groups is 1. The molecule has 1 amide bonds. The van der Waals surface area contributed by atoms with E-state index in [2.05, 4.69) is 6.07 Å². The van der Waals surface area contributed by atoms with E-state index >= 15 is 0 Å². The fourth-order valence-electron chi connectivity index (χ4n) is 2.88. The number of fused-ring (bicyclic) bond motifs is 1. The fourth-order valence-corrected chi connectivity index (χ4v) is 2.88. The minimum absolute atomic E-state index is 0.0250. The van der Waals surface area contributed by atoms with Crippen molar-refractivity contribution in [3.8, 4) is 11.5 Å². The number of nitrogens with zero attached hydrogens (tertiary/aromatic N) is 2. The van der Waals surface area contributed by atoms with E-state index in [0.29, 0.717) is 18.0 Å². The zero-order chi connectivity index (χ0) is 19.6. The summed E-state index contributed by atoms with van der Waals surface area (Å²) in [5.41, 5.74) is 3.49. The molecule has 1 aliphatic rings. The van der Waals surface area contributed by atoms with Gasteiger partial charge in [0.2, 0.25) is 12.7 Å². The summed E-state index contributed by atoms with van der Waals surface area (Å²) < 4.78 is 10.4. The SMILES string of the molecule is Cc1ccc(CN(C)C(=O)/C=C/c2cc3c(cc2[N+](=O)[O-])OCO3)c(C)c1. The average molecular weight is 368 g/mol. The Bertz CT molecular complexity index is 936. The predicted molar refractivity (Wildman–Crippen MR) is 101 cm³/mol. The van der Waals surface area contributed by atoms with Crippen molar-refractivity contribution < 1.29 is 19.2 Å². The van der Waals surface area contributed by atoms with Gasteiger partial charge in [0.25, 0.3) is 5.69 Å². The van der Waals surface area contributed by atoms with Crippen molar-refractivity contribution in [2.75, 3.05) is 13.8 Å². The average Bonchev–Trinajstić information content (AvgIpc) is 3.08. The molecule has 2 aromatic carbocycles. The molecule has 7 heteroatoms. The van der Waals surface area contributed by atoms with E-state index in [1.165, 1.54) is 29.8 Å². The van der Waals surface area contributed by atoms with Crippen LogP contribution < -0.4 is 9.47 Å². The highest BCUT2D eigenvalue weighted by Crippen LogP contribution is 2.38. The molecule has 0 spiro atoms. The highest BCUT2D eigenvalue weighted by Gasteiger charge is 2.22. The van der Waals surface area contributed by atoms with Gasteiger partial charge in [-0.2, -0.15) is 0 Å². The van der Waals surface area contributed by atoms with Crippen LogP contribution >= 0.6 is 0 Å². The first-order chi connectivity index (χ1) is 12.8. The van der Waals surface area contributed by atoms with Gasteiger partial charge in [-0.15, -0.1) is 0 Å². The quantitative estimate of drug-likeness (QED) is 0.457. The van der Waals surface area contributed by atoms with Crippen LogP contribution in [0.15, 0.2) is 36.4 Å². The number of hydrogen-bond acceptors (Lipinski definition) is 5. The second-order valence-electron chi connectivity index (χ2n) is 6.48. The van der Waals surface area contributed by atoms with Gasteiger partial charge in [0.15, 0.2) is 11.5 Å². The summed E-state index contributed by atoms with van der Waals surface area (Å²) in [6, 6.07) is 8.90. The number of benzene rings is 2. The Balaban J connectivity index is 1.77. The Hall–Kier alpha value is -3.35. The predicted octanol–water partition coefficient (Wildman–Crippen LogP) is 3.61. The van der Waals surface area contributed by atoms with Crippen molar-refractivity contribution in [3.05, 3.63) is 68.8 Å². The first-order valence-corrected chi connectivity index (χ1v) is 8.42. The summed E-state index contributed by atoms with van der Waals surface area (Å²) in [5, 5.41) is 11.3. The summed E-state index contributed by atoms with van der Waals surface area (Å²) >= 11 is 0. The van der Waals surface area contributed by atoms with Gasteiger partial charge in [0.05, 0.1) is 16.6 Å². The summed E-state index contributed by atoms with van der Waals surface area (Å²) in [6.45, 7) is 4.51. The number of hydrogen-bond donors (Lipinski definition) is 0. The van der Waals surface area contributed by atoms with Crippen molar-refractivity contribution in [1.82, 2.24) is 4.90 Å². The first kappa shape index (κ1) is 18.4. The van der Waals surface area contributed by atoms with E-state index in [1.54, 1.807) is 11.9 Å². The number of likely N-dealkylation sites (N-methyl/N-ethyl adjacent to an activating group) is 1. The third kappa shape index (κ3) is 4.08. The Labute approximate surface area is 157 Å². The minimum Gasteiger partial charge on any atom is -0.454 e. The molecule has 27 heavy (non-hydrogen) atoms. The van der Waals surface area contributed by atoms with Crippen LogP contribution in [-0.2, 0) is 11.3 Å². The normalized spacial score (nSPS) is 12.4. The van der Waals surface area contributed by atoms with Crippen molar-refractivity contribution >= 4 is 17.7 Å². The molecule has 0 aliphatic carbocycles. The zero-order valence-corrected chi connectivity index (χ0v) is 15.4. The Kier molecular flexibility index (Phi) is 5.12. The van der Waals surface area contributed by atoms with Crippen LogP contribution in [0.25, 0.3) is 6.08 Å². The number of nitro benzene ring substituents is 1. The Morgan fingerprint density at radius 1 is 1.22 bits per heavy atom. The van der Waals surface area contributed by atoms with Gasteiger partial charge >= 0.3 is 0 Å². The number of rotatable bonds is 5. The summed E-state index contributed by atoms with van der Waals surface area (Å²) in [7, 11) is 1.69. The number of amides is 1. The van der Waals surface area contributed by atoms with Crippen LogP contribution in [0.1, 0.15) is 22.3 Å². The second kappa shape index (κ2) is 7.49. The van der Waals surface area contributed by atoms with Gasteiger partial charge in [-0.25, -0.2) is 0 Å². The van der Waals surface area contributed by atoms with Crippen molar-refractivity contribution in [2.45, 2.75) is 20.4 Å². The Morgan fingerprint density at radius 3 is 2.59 bits per heavy atom. The van der Waals surface area contributed by atoms with Gasteiger partial charge in [-0.1, -0.05) is 23.8 Å². The lowest BCUT2D eigenvalue weighted by Gasteiger charge is -2.17. The standard InChI is InChI=1S/C20H20N2O5/c1-13-4-5-16(14(2)8-13)11-21(3)20(23)7-6-15-9-18-19(27-12-26-18)10-17(15)22(24)25/h4-10H,11-12H2,1-3H3/b7-6+. The van der Waals surface area contributed by atoms with Crippen molar-refractivity contribution in [3.63, 3.8) is 0 Å². The summed E-state index contributed by atoms with van der Waals surface area (Å²) in [5.74, 6) is 0.510.